The van der Waals surface area contributed by atoms with Crippen LogP contribution in [0.3, 0.4) is 0 Å². The largest absolute Gasteiger partial charge is 0.441 e. The first-order valence-corrected chi connectivity index (χ1v) is 10.8. The lowest BCUT2D eigenvalue weighted by Crippen LogP contribution is -2.18. The second kappa shape index (κ2) is 8.12. The number of hydrogen-bond acceptors (Lipinski definition) is 7. The molecule has 0 aliphatic rings. The van der Waals surface area contributed by atoms with Crippen molar-refractivity contribution in [3.05, 3.63) is 88.3 Å². The van der Waals surface area contributed by atoms with Gasteiger partial charge in [0.2, 0.25) is 0 Å². The van der Waals surface area contributed by atoms with Gasteiger partial charge in [0.05, 0.1) is 21.1 Å². The molecule has 0 radical (unpaired) electrons. The number of anilines is 2. The van der Waals surface area contributed by atoms with Gasteiger partial charge < -0.3 is 9.73 Å². The maximum Gasteiger partial charge on any atom is 0.270 e. The molecular formula is C21H16N4O6S. The van der Waals surface area contributed by atoms with Crippen molar-refractivity contribution in [1.29, 1.82) is 0 Å². The van der Waals surface area contributed by atoms with Crippen molar-refractivity contribution in [3.63, 3.8) is 0 Å². The van der Waals surface area contributed by atoms with Crippen LogP contribution in [0.5, 0.6) is 0 Å². The average Bonchev–Trinajstić information content (AvgIpc) is 3.13. The van der Waals surface area contributed by atoms with Gasteiger partial charge in [-0.25, -0.2) is 13.4 Å². The third-order valence-corrected chi connectivity index (χ3v) is 5.87. The molecule has 0 aliphatic heterocycles. The molecule has 0 bridgehead atoms. The molecule has 0 unspecified atom stereocenters. The van der Waals surface area contributed by atoms with Crippen LogP contribution in [0.15, 0.2) is 76.0 Å². The Kier molecular flexibility index (Phi) is 5.33. The number of nitro benzene ring substituents is 1. The Morgan fingerprint density at radius 1 is 1.06 bits per heavy atom. The van der Waals surface area contributed by atoms with Crippen molar-refractivity contribution in [2.24, 2.45) is 0 Å². The lowest BCUT2D eigenvalue weighted by molar-refractivity contribution is -0.385. The molecule has 0 saturated carbocycles. The van der Waals surface area contributed by atoms with E-state index in [0.717, 1.165) is 6.07 Å². The minimum absolute atomic E-state index is 0.0230. The SMILES string of the molecule is Cc1nc2cc(NC(=O)c3ccccc3NS(=O)(=O)c3cccc([N+](=O)[O-])c3)ccc2o1. The lowest BCUT2D eigenvalue weighted by atomic mass is 10.1. The number of fused-ring (bicyclic) bond motifs is 1. The number of nitro groups is 1. The number of para-hydroxylation sites is 1. The van der Waals surface area contributed by atoms with Crippen LogP contribution in [0, 0.1) is 17.0 Å². The van der Waals surface area contributed by atoms with Crippen molar-refractivity contribution >= 4 is 44.1 Å². The summed E-state index contributed by atoms with van der Waals surface area (Å²) in [5.41, 5.74) is 1.32. The fourth-order valence-electron chi connectivity index (χ4n) is 3.06. The van der Waals surface area contributed by atoms with E-state index in [1.54, 1.807) is 37.3 Å². The molecule has 1 heterocycles. The predicted octanol–water partition coefficient (Wildman–Crippen LogP) is 4.10. The number of carbonyl (C=O) groups excluding carboxylic acids is 1. The van der Waals surface area contributed by atoms with Crippen molar-refractivity contribution in [2.75, 3.05) is 10.0 Å². The quantitative estimate of drug-likeness (QED) is 0.331. The summed E-state index contributed by atoms with van der Waals surface area (Å²) >= 11 is 0. The average molecular weight is 452 g/mol. The summed E-state index contributed by atoms with van der Waals surface area (Å²) in [6.45, 7) is 1.71. The van der Waals surface area contributed by atoms with Crippen LogP contribution in [0.4, 0.5) is 17.1 Å². The van der Waals surface area contributed by atoms with Gasteiger partial charge in [-0.3, -0.25) is 19.6 Å². The Labute approximate surface area is 182 Å². The highest BCUT2D eigenvalue weighted by Gasteiger charge is 2.21. The molecule has 4 aromatic rings. The van der Waals surface area contributed by atoms with Crippen molar-refractivity contribution in [1.82, 2.24) is 4.98 Å². The van der Waals surface area contributed by atoms with Crippen molar-refractivity contribution in [2.45, 2.75) is 11.8 Å². The maximum atomic E-state index is 12.9. The summed E-state index contributed by atoms with van der Waals surface area (Å²) in [6.07, 6.45) is 0. The van der Waals surface area contributed by atoms with Gasteiger partial charge in [0.1, 0.15) is 5.52 Å². The van der Waals surface area contributed by atoms with Crippen molar-refractivity contribution < 1.29 is 22.6 Å². The number of rotatable bonds is 6. The molecule has 0 atom stereocenters. The molecule has 1 amide bonds. The van der Waals surface area contributed by atoms with Crippen LogP contribution < -0.4 is 10.0 Å². The highest BCUT2D eigenvalue weighted by molar-refractivity contribution is 7.92. The highest BCUT2D eigenvalue weighted by atomic mass is 32.2. The molecule has 11 heteroatoms. The summed E-state index contributed by atoms with van der Waals surface area (Å²) in [6, 6.07) is 15.6. The van der Waals surface area contributed by atoms with Gasteiger partial charge in [0.25, 0.3) is 21.6 Å². The first-order valence-electron chi connectivity index (χ1n) is 9.28. The number of non-ortho nitro benzene ring substituents is 1. The van der Waals surface area contributed by atoms with Gasteiger partial charge in [-0.15, -0.1) is 0 Å². The van der Waals surface area contributed by atoms with E-state index in [1.165, 1.54) is 30.3 Å². The second-order valence-corrected chi connectivity index (χ2v) is 8.46. The van der Waals surface area contributed by atoms with Crippen molar-refractivity contribution in [3.8, 4) is 0 Å². The Morgan fingerprint density at radius 2 is 1.84 bits per heavy atom. The molecule has 0 fully saturated rings. The standard InChI is InChI=1S/C21H16N4O6S/c1-13-22-19-11-14(9-10-20(19)31-13)23-21(26)17-7-2-3-8-18(17)24-32(29,30)16-6-4-5-15(12-16)25(27)28/h2-12,24H,1H3,(H,23,26). The fraction of sp³-hybridized carbons (Fsp3) is 0.0476. The smallest absolute Gasteiger partial charge is 0.270 e. The van der Waals surface area contributed by atoms with Gasteiger partial charge >= 0.3 is 0 Å². The first-order chi connectivity index (χ1) is 15.2. The van der Waals surface area contributed by atoms with E-state index in [-0.39, 0.29) is 21.8 Å². The Balaban J connectivity index is 1.61. The highest BCUT2D eigenvalue weighted by Crippen LogP contribution is 2.25. The molecule has 3 aromatic carbocycles. The first kappa shape index (κ1) is 21.0. The van der Waals surface area contributed by atoms with E-state index in [4.69, 9.17) is 4.42 Å². The number of sulfonamides is 1. The van der Waals surface area contributed by atoms with Crippen LogP contribution in [-0.2, 0) is 10.0 Å². The number of hydrogen-bond donors (Lipinski definition) is 2. The van der Waals surface area contributed by atoms with Crippen LogP contribution in [0.1, 0.15) is 16.2 Å². The number of benzene rings is 3. The van der Waals surface area contributed by atoms with Crippen LogP contribution in [-0.4, -0.2) is 24.2 Å². The molecule has 2 N–H and O–H groups in total. The molecule has 162 valence electrons. The number of oxazole rings is 1. The van der Waals surface area contributed by atoms with E-state index in [9.17, 15) is 23.3 Å². The maximum absolute atomic E-state index is 12.9. The summed E-state index contributed by atoms with van der Waals surface area (Å²) in [7, 11) is -4.18. The lowest BCUT2D eigenvalue weighted by Gasteiger charge is -2.13. The topological polar surface area (TPSA) is 144 Å². The summed E-state index contributed by atoms with van der Waals surface area (Å²) in [4.78, 5) is 27.1. The normalized spacial score (nSPS) is 11.3. The summed E-state index contributed by atoms with van der Waals surface area (Å²) < 4.78 is 33.3. The number of carbonyl (C=O) groups is 1. The van der Waals surface area contributed by atoms with Crippen LogP contribution in [0.2, 0.25) is 0 Å². The van der Waals surface area contributed by atoms with Crippen LogP contribution >= 0.6 is 0 Å². The molecule has 4 rings (SSSR count). The third kappa shape index (κ3) is 4.27. The zero-order chi connectivity index (χ0) is 22.9. The molecule has 1 aromatic heterocycles. The summed E-state index contributed by atoms with van der Waals surface area (Å²) in [5.74, 6) is -0.0636. The minimum Gasteiger partial charge on any atom is -0.441 e. The second-order valence-electron chi connectivity index (χ2n) is 6.78. The molecule has 0 saturated heterocycles. The Bertz CT molecular complexity index is 1460. The van der Waals surface area contributed by atoms with Gasteiger partial charge in [-0.1, -0.05) is 18.2 Å². The van der Waals surface area contributed by atoms with Gasteiger partial charge in [-0.05, 0) is 36.4 Å². The van der Waals surface area contributed by atoms with E-state index in [2.05, 4.69) is 15.0 Å². The number of nitrogens with zero attached hydrogens (tertiary/aromatic N) is 2. The minimum atomic E-state index is -4.18. The zero-order valence-electron chi connectivity index (χ0n) is 16.6. The predicted molar refractivity (Wildman–Crippen MR) is 117 cm³/mol. The van der Waals surface area contributed by atoms with E-state index < -0.39 is 20.9 Å². The molecular weight excluding hydrogens is 436 g/mol. The monoisotopic (exact) mass is 452 g/mol. The van der Waals surface area contributed by atoms with Gasteiger partial charge in [0, 0.05) is 24.7 Å². The zero-order valence-corrected chi connectivity index (χ0v) is 17.4. The van der Waals surface area contributed by atoms with E-state index in [1.807, 2.05) is 0 Å². The van der Waals surface area contributed by atoms with E-state index >= 15 is 0 Å². The Morgan fingerprint density at radius 3 is 2.62 bits per heavy atom. The van der Waals surface area contributed by atoms with Gasteiger partial charge in [0.15, 0.2) is 11.5 Å². The molecule has 10 nitrogen and oxygen atoms in total. The molecule has 0 spiro atoms. The fourth-order valence-corrected chi connectivity index (χ4v) is 4.18. The number of nitrogens with one attached hydrogen (secondary N) is 2. The molecule has 0 aliphatic carbocycles. The Hall–Kier alpha value is -4.25. The van der Waals surface area contributed by atoms with Gasteiger partial charge in [-0.2, -0.15) is 0 Å². The number of amides is 1. The third-order valence-electron chi connectivity index (χ3n) is 4.51. The number of aryl methyl sites for hydroxylation is 1. The number of aromatic nitrogens is 1. The molecule has 32 heavy (non-hydrogen) atoms. The summed E-state index contributed by atoms with van der Waals surface area (Å²) in [5, 5.41) is 13.7. The van der Waals surface area contributed by atoms with E-state index in [0.29, 0.717) is 22.7 Å². The van der Waals surface area contributed by atoms with Crippen LogP contribution in [0.25, 0.3) is 11.1 Å².